The van der Waals surface area contributed by atoms with Crippen molar-refractivity contribution in [3.63, 3.8) is 0 Å². The van der Waals surface area contributed by atoms with Crippen molar-refractivity contribution >= 4 is 32.7 Å². The fraction of sp³-hybridized carbons (Fsp3) is 0.154. The first-order valence-electron chi connectivity index (χ1n) is 4.99. The standard InChI is InChI=1S/C13H11BrO2/c14-8-11-3-1-2-10-6-9(7-13(15)16)4-5-12(10)11/h1-6H,7-8H2,(H,15,16). The Kier molecular flexibility index (Phi) is 3.25. The second kappa shape index (κ2) is 4.66. The quantitative estimate of drug-likeness (QED) is 0.875. The van der Waals surface area contributed by atoms with Crippen molar-refractivity contribution in [3.05, 3.63) is 47.5 Å². The molecule has 2 rings (SSSR count). The predicted octanol–water partition coefficient (Wildman–Crippen LogP) is 3.36. The van der Waals surface area contributed by atoms with Gasteiger partial charge in [-0.2, -0.15) is 0 Å². The molecule has 2 aromatic carbocycles. The Hall–Kier alpha value is -1.35. The van der Waals surface area contributed by atoms with Crippen molar-refractivity contribution in [2.75, 3.05) is 0 Å². The van der Waals surface area contributed by atoms with Gasteiger partial charge < -0.3 is 5.11 Å². The molecule has 0 aliphatic rings. The van der Waals surface area contributed by atoms with Crippen LogP contribution in [-0.2, 0) is 16.5 Å². The highest BCUT2D eigenvalue weighted by molar-refractivity contribution is 9.08. The maximum atomic E-state index is 10.6. The molecular formula is C13H11BrO2. The van der Waals surface area contributed by atoms with E-state index in [9.17, 15) is 4.79 Å². The van der Waals surface area contributed by atoms with Crippen LogP contribution in [-0.4, -0.2) is 11.1 Å². The number of carbonyl (C=O) groups is 1. The monoisotopic (exact) mass is 278 g/mol. The Labute approximate surface area is 102 Å². The summed E-state index contributed by atoms with van der Waals surface area (Å²) < 4.78 is 0. The summed E-state index contributed by atoms with van der Waals surface area (Å²) in [6.45, 7) is 0. The Morgan fingerprint density at radius 1 is 1.25 bits per heavy atom. The van der Waals surface area contributed by atoms with Gasteiger partial charge in [0, 0.05) is 5.33 Å². The molecule has 0 amide bonds. The SMILES string of the molecule is O=C(O)Cc1ccc2c(CBr)cccc2c1. The van der Waals surface area contributed by atoms with E-state index in [1.165, 1.54) is 10.9 Å². The third-order valence-electron chi connectivity index (χ3n) is 2.53. The maximum Gasteiger partial charge on any atom is 0.307 e. The summed E-state index contributed by atoms with van der Waals surface area (Å²) in [5.74, 6) is -0.795. The summed E-state index contributed by atoms with van der Waals surface area (Å²) in [5, 5.41) is 11.8. The summed E-state index contributed by atoms with van der Waals surface area (Å²) in [6, 6.07) is 11.9. The number of benzene rings is 2. The van der Waals surface area contributed by atoms with Gasteiger partial charge in [-0.3, -0.25) is 4.79 Å². The van der Waals surface area contributed by atoms with E-state index in [0.717, 1.165) is 16.3 Å². The lowest BCUT2D eigenvalue weighted by atomic mass is 10.0. The van der Waals surface area contributed by atoms with E-state index in [0.29, 0.717) is 0 Å². The summed E-state index contributed by atoms with van der Waals surface area (Å²) in [4.78, 5) is 10.6. The number of halogens is 1. The van der Waals surface area contributed by atoms with Crippen LogP contribution in [0.1, 0.15) is 11.1 Å². The van der Waals surface area contributed by atoms with Gasteiger partial charge in [0.25, 0.3) is 0 Å². The Morgan fingerprint density at radius 3 is 2.75 bits per heavy atom. The van der Waals surface area contributed by atoms with E-state index in [1.54, 1.807) is 0 Å². The van der Waals surface area contributed by atoms with Gasteiger partial charge in [-0.05, 0) is 21.9 Å². The zero-order valence-electron chi connectivity index (χ0n) is 8.61. The lowest BCUT2D eigenvalue weighted by molar-refractivity contribution is -0.136. The van der Waals surface area contributed by atoms with Gasteiger partial charge in [-0.1, -0.05) is 52.3 Å². The topological polar surface area (TPSA) is 37.3 Å². The van der Waals surface area contributed by atoms with E-state index < -0.39 is 5.97 Å². The molecule has 2 aromatic rings. The summed E-state index contributed by atoms with van der Waals surface area (Å²) in [6.07, 6.45) is 0.0779. The highest BCUT2D eigenvalue weighted by Gasteiger charge is 2.03. The molecule has 16 heavy (non-hydrogen) atoms. The Balaban J connectivity index is 2.51. The number of alkyl halides is 1. The molecule has 2 nitrogen and oxygen atoms in total. The minimum Gasteiger partial charge on any atom is -0.481 e. The molecule has 0 heterocycles. The number of aliphatic carboxylic acids is 1. The minimum absolute atomic E-state index is 0.0779. The molecule has 0 fully saturated rings. The molecule has 0 radical (unpaired) electrons. The van der Waals surface area contributed by atoms with Crippen molar-refractivity contribution in [3.8, 4) is 0 Å². The highest BCUT2D eigenvalue weighted by Crippen LogP contribution is 2.22. The fourth-order valence-electron chi connectivity index (χ4n) is 1.80. The van der Waals surface area contributed by atoms with Crippen LogP contribution >= 0.6 is 15.9 Å². The molecule has 1 N–H and O–H groups in total. The van der Waals surface area contributed by atoms with Gasteiger partial charge in [-0.15, -0.1) is 0 Å². The third kappa shape index (κ3) is 2.25. The first-order valence-corrected chi connectivity index (χ1v) is 6.11. The van der Waals surface area contributed by atoms with Crippen molar-refractivity contribution in [1.29, 1.82) is 0 Å². The lowest BCUT2D eigenvalue weighted by Gasteiger charge is -2.05. The average molecular weight is 279 g/mol. The predicted molar refractivity (Wildman–Crippen MR) is 67.9 cm³/mol. The molecule has 3 heteroatoms. The first kappa shape index (κ1) is 11.1. The number of rotatable bonds is 3. The molecule has 0 atom stereocenters. The van der Waals surface area contributed by atoms with Crippen LogP contribution in [0.15, 0.2) is 36.4 Å². The number of hydrogen-bond donors (Lipinski definition) is 1. The van der Waals surface area contributed by atoms with Gasteiger partial charge in [0.15, 0.2) is 0 Å². The van der Waals surface area contributed by atoms with E-state index >= 15 is 0 Å². The summed E-state index contributed by atoms with van der Waals surface area (Å²) in [7, 11) is 0. The maximum absolute atomic E-state index is 10.6. The van der Waals surface area contributed by atoms with Gasteiger partial charge in [0.1, 0.15) is 0 Å². The zero-order chi connectivity index (χ0) is 11.5. The first-order chi connectivity index (χ1) is 7.70. The lowest BCUT2D eigenvalue weighted by Crippen LogP contribution is -1.99. The highest BCUT2D eigenvalue weighted by atomic mass is 79.9. The number of fused-ring (bicyclic) bond motifs is 1. The smallest absolute Gasteiger partial charge is 0.307 e. The molecule has 0 aliphatic carbocycles. The van der Waals surface area contributed by atoms with Crippen LogP contribution in [0.25, 0.3) is 10.8 Å². The molecule has 0 aromatic heterocycles. The van der Waals surface area contributed by atoms with Gasteiger partial charge in [0.2, 0.25) is 0 Å². The van der Waals surface area contributed by atoms with Gasteiger partial charge in [-0.25, -0.2) is 0 Å². The Bertz CT molecular complexity index is 534. The van der Waals surface area contributed by atoms with Crippen molar-refractivity contribution < 1.29 is 9.90 Å². The van der Waals surface area contributed by atoms with Gasteiger partial charge in [0.05, 0.1) is 6.42 Å². The fourth-order valence-corrected chi connectivity index (χ4v) is 2.29. The average Bonchev–Trinajstić information content (AvgIpc) is 2.27. The van der Waals surface area contributed by atoms with Crippen LogP contribution in [0.4, 0.5) is 0 Å². The number of hydrogen-bond acceptors (Lipinski definition) is 1. The molecule has 0 unspecified atom stereocenters. The van der Waals surface area contributed by atoms with Crippen LogP contribution in [0.2, 0.25) is 0 Å². The van der Waals surface area contributed by atoms with Crippen molar-refractivity contribution in [2.24, 2.45) is 0 Å². The van der Waals surface area contributed by atoms with E-state index in [4.69, 9.17) is 5.11 Å². The molecule has 0 saturated carbocycles. The largest absolute Gasteiger partial charge is 0.481 e. The summed E-state index contributed by atoms with van der Waals surface area (Å²) in [5.41, 5.74) is 2.06. The second-order valence-corrected chi connectivity index (χ2v) is 4.24. The molecule has 0 spiro atoms. The van der Waals surface area contributed by atoms with E-state index in [-0.39, 0.29) is 6.42 Å². The van der Waals surface area contributed by atoms with Gasteiger partial charge >= 0.3 is 5.97 Å². The second-order valence-electron chi connectivity index (χ2n) is 3.68. The third-order valence-corrected chi connectivity index (χ3v) is 3.14. The molecule has 82 valence electrons. The van der Waals surface area contributed by atoms with Crippen molar-refractivity contribution in [2.45, 2.75) is 11.8 Å². The number of carboxylic acid groups (broad SMARTS) is 1. The van der Waals surface area contributed by atoms with Crippen LogP contribution < -0.4 is 0 Å². The molecular weight excluding hydrogens is 268 g/mol. The zero-order valence-corrected chi connectivity index (χ0v) is 10.2. The Morgan fingerprint density at radius 2 is 2.06 bits per heavy atom. The molecule has 0 aliphatic heterocycles. The molecule has 0 bridgehead atoms. The van der Waals surface area contributed by atoms with E-state index in [2.05, 4.69) is 22.0 Å². The summed E-state index contributed by atoms with van der Waals surface area (Å²) >= 11 is 3.44. The van der Waals surface area contributed by atoms with Crippen LogP contribution in [0.5, 0.6) is 0 Å². The van der Waals surface area contributed by atoms with Crippen LogP contribution in [0.3, 0.4) is 0 Å². The molecule has 0 saturated heterocycles. The van der Waals surface area contributed by atoms with Crippen molar-refractivity contribution in [1.82, 2.24) is 0 Å². The normalized spacial score (nSPS) is 10.6. The van der Waals surface area contributed by atoms with Crippen LogP contribution in [0, 0.1) is 0 Å². The van der Waals surface area contributed by atoms with E-state index in [1.807, 2.05) is 30.3 Å². The number of carboxylic acids is 1. The minimum atomic E-state index is -0.795.